The molecule has 0 heterocycles. The highest BCUT2D eigenvalue weighted by molar-refractivity contribution is 5.77. The lowest BCUT2D eigenvalue weighted by Gasteiger charge is -2.07. The third-order valence-electron chi connectivity index (χ3n) is 2.00. The molecule has 0 saturated heterocycles. The van der Waals surface area contributed by atoms with Crippen molar-refractivity contribution in [1.29, 1.82) is 0 Å². The van der Waals surface area contributed by atoms with Crippen LogP contribution in [0.4, 0.5) is 0 Å². The molecule has 1 amide bonds. The van der Waals surface area contributed by atoms with Crippen LogP contribution in [0.25, 0.3) is 0 Å². The summed E-state index contributed by atoms with van der Waals surface area (Å²) in [4.78, 5) is 11.2. The maximum Gasteiger partial charge on any atom is 0.240 e. The summed E-state index contributed by atoms with van der Waals surface area (Å²) in [7, 11) is 0. The Morgan fingerprint density at radius 2 is 1.94 bits per heavy atom. The van der Waals surface area contributed by atoms with Crippen LogP contribution in [0.3, 0.4) is 0 Å². The molecule has 0 aliphatic rings. The van der Waals surface area contributed by atoms with Crippen molar-refractivity contribution < 1.29 is 22.6 Å². The Hall–Kier alpha value is -1.10. The van der Waals surface area contributed by atoms with E-state index in [0.717, 1.165) is 6.54 Å². The molecule has 90 valence electrons. The zero-order valence-electron chi connectivity index (χ0n) is 9.53. The molecule has 0 atom stereocenters. The highest BCUT2D eigenvalue weighted by Crippen LogP contribution is 1.93. The van der Waals surface area contributed by atoms with Gasteiger partial charge in [-0.3, -0.25) is 4.79 Å². The number of hydrazine groups is 1. The van der Waals surface area contributed by atoms with Gasteiger partial charge in [0.1, 0.15) is 6.54 Å². The lowest BCUT2D eigenvalue weighted by atomic mass is 10.2. The molecule has 4 N–H and O–H groups in total. The van der Waals surface area contributed by atoms with E-state index in [-0.39, 0.29) is 24.2 Å². The van der Waals surface area contributed by atoms with Crippen LogP contribution in [-0.4, -0.2) is 5.91 Å². The van der Waals surface area contributed by atoms with Crippen LogP contribution in [0.2, 0.25) is 0 Å². The monoisotopic (exact) mass is 243 g/mol. The van der Waals surface area contributed by atoms with Gasteiger partial charge < -0.3 is 12.4 Å². The Morgan fingerprint density at radius 1 is 1.31 bits per heavy atom. The van der Waals surface area contributed by atoms with Crippen molar-refractivity contribution in [3.63, 3.8) is 0 Å². The third-order valence-corrected chi connectivity index (χ3v) is 2.00. The van der Waals surface area contributed by atoms with Crippen molar-refractivity contribution >= 4 is 5.91 Å². The second kappa shape index (κ2) is 8.10. The van der Waals surface area contributed by atoms with Crippen molar-refractivity contribution in [1.82, 2.24) is 11.0 Å². The van der Waals surface area contributed by atoms with Gasteiger partial charge in [-0.25, -0.2) is 10.9 Å². The van der Waals surface area contributed by atoms with Crippen molar-refractivity contribution in [3.8, 4) is 0 Å². The van der Waals surface area contributed by atoms with Crippen LogP contribution < -0.4 is 28.8 Å². The van der Waals surface area contributed by atoms with Gasteiger partial charge in [-0.2, -0.15) is 0 Å². The average Bonchev–Trinajstić information content (AvgIpc) is 2.25. The number of benzene rings is 1. The molecule has 0 fully saturated rings. The first kappa shape index (κ1) is 14.9. The molecule has 0 saturated carbocycles. The van der Waals surface area contributed by atoms with E-state index in [4.69, 9.17) is 0 Å². The predicted molar refractivity (Wildman–Crippen MR) is 58.2 cm³/mol. The molecule has 4 nitrogen and oxygen atoms in total. The van der Waals surface area contributed by atoms with Crippen molar-refractivity contribution in [2.45, 2.75) is 20.4 Å². The van der Waals surface area contributed by atoms with Gasteiger partial charge in [-0.1, -0.05) is 49.7 Å². The smallest absolute Gasteiger partial charge is 0.240 e. The largest absolute Gasteiger partial charge is 1.00 e. The number of halogens is 1. The summed E-state index contributed by atoms with van der Waals surface area (Å²) in [6.07, 6.45) is 0. The van der Waals surface area contributed by atoms with E-state index in [2.05, 4.69) is 11.0 Å². The van der Waals surface area contributed by atoms with Crippen molar-refractivity contribution in [2.24, 2.45) is 5.92 Å². The number of quaternary nitrogens is 1. The molecule has 5 heteroatoms. The molecule has 1 rings (SSSR count). The van der Waals surface area contributed by atoms with Crippen LogP contribution >= 0.6 is 0 Å². The second-order valence-corrected chi connectivity index (χ2v) is 3.68. The summed E-state index contributed by atoms with van der Waals surface area (Å²) >= 11 is 0. The first-order valence-corrected chi connectivity index (χ1v) is 5.11. The minimum atomic E-state index is -0.000637. The van der Waals surface area contributed by atoms with Crippen LogP contribution in [0.15, 0.2) is 30.3 Å². The molecule has 1 aromatic rings. The van der Waals surface area contributed by atoms with Gasteiger partial charge in [0.2, 0.25) is 5.91 Å². The Labute approximate surface area is 102 Å². The molecule has 0 radical (unpaired) electrons. The summed E-state index contributed by atoms with van der Waals surface area (Å²) in [5.74, 6) is 0.00179. The fraction of sp³-hybridized carbons (Fsp3) is 0.364. The van der Waals surface area contributed by atoms with Crippen LogP contribution in [0.5, 0.6) is 0 Å². The Kier molecular flexibility index (Phi) is 7.54. The number of amides is 1. The molecule has 1 aromatic carbocycles. The Morgan fingerprint density at radius 3 is 2.50 bits per heavy atom. The lowest BCUT2D eigenvalue weighted by Crippen LogP contribution is -3.00. The van der Waals surface area contributed by atoms with E-state index in [1.165, 1.54) is 5.56 Å². The van der Waals surface area contributed by atoms with Gasteiger partial charge in [-0.15, -0.1) is 0 Å². The number of rotatable bonds is 5. The van der Waals surface area contributed by atoms with Gasteiger partial charge in [0, 0.05) is 11.5 Å². The molecule has 0 unspecified atom stereocenters. The Bertz CT molecular complexity index is 303. The van der Waals surface area contributed by atoms with Crippen molar-refractivity contribution in [2.75, 3.05) is 0 Å². The van der Waals surface area contributed by atoms with Crippen LogP contribution in [0, 0.1) is 5.92 Å². The highest BCUT2D eigenvalue weighted by Gasteiger charge is 2.05. The highest BCUT2D eigenvalue weighted by atomic mass is 35.5. The first-order chi connectivity index (χ1) is 7.20. The third kappa shape index (κ3) is 5.70. The zero-order valence-corrected chi connectivity index (χ0v) is 10.3. The topological polar surface area (TPSA) is 57.7 Å². The maximum absolute atomic E-state index is 11.2. The number of carbonyl (C=O) groups excluding carboxylic acids is 1. The maximum atomic E-state index is 11.2. The minimum Gasteiger partial charge on any atom is -1.00 e. The molecule has 0 aliphatic carbocycles. The van der Waals surface area contributed by atoms with Gasteiger partial charge in [0.15, 0.2) is 0 Å². The van der Waals surface area contributed by atoms with E-state index in [1.807, 2.05) is 49.6 Å². The van der Waals surface area contributed by atoms with E-state index < -0.39 is 0 Å². The van der Waals surface area contributed by atoms with Crippen LogP contribution in [-0.2, 0) is 11.3 Å². The van der Waals surface area contributed by atoms with E-state index >= 15 is 0 Å². The Balaban J connectivity index is 0.00000225. The van der Waals surface area contributed by atoms with E-state index in [1.54, 1.807) is 0 Å². The summed E-state index contributed by atoms with van der Waals surface area (Å²) in [6, 6.07) is 10.1. The van der Waals surface area contributed by atoms with E-state index in [0.29, 0.717) is 0 Å². The molecule has 0 spiro atoms. The fourth-order valence-electron chi connectivity index (χ4n) is 1.05. The molecule has 16 heavy (non-hydrogen) atoms. The predicted octanol–water partition coefficient (Wildman–Crippen LogP) is -3.05. The SMILES string of the molecule is CC(C)C(=O)NN[NH2+]Cc1ccccc1.[Cl-]. The van der Waals surface area contributed by atoms with Crippen LogP contribution in [0.1, 0.15) is 19.4 Å². The second-order valence-electron chi connectivity index (χ2n) is 3.68. The summed E-state index contributed by atoms with van der Waals surface area (Å²) < 4.78 is 0. The normalized spacial score (nSPS) is 9.69. The lowest BCUT2D eigenvalue weighted by molar-refractivity contribution is -0.732. The minimum absolute atomic E-state index is 0. The van der Waals surface area contributed by atoms with Gasteiger partial charge >= 0.3 is 0 Å². The summed E-state index contributed by atoms with van der Waals surface area (Å²) in [6.45, 7) is 4.50. The summed E-state index contributed by atoms with van der Waals surface area (Å²) in [5, 5.41) is 0. The summed E-state index contributed by atoms with van der Waals surface area (Å²) in [5.41, 5.74) is 8.44. The number of nitrogens with one attached hydrogen (secondary N) is 2. The molecule has 0 aromatic heterocycles. The number of hydrogen-bond acceptors (Lipinski definition) is 2. The number of carbonyl (C=O) groups is 1. The molecule has 0 bridgehead atoms. The van der Waals surface area contributed by atoms with Gasteiger partial charge in [0.05, 0.1) is 0 Å². The molecular weight excluding hydrogens is 226 g/mol. The van der Waals surface area contributed by atoms with Crippen molar-refractivity contribution in [3.05, 3.63) is 35.9 Å². The molecular formula is C11H18ClN3O. The number of hydrogen-bond donors (Lipinski definition) is 3. The fourth-order valence-corrected chi connectivity index (χ4v) is 1.05. The van der Waals surface area contributed by atoms with Gasteiger partial charge in [0.25, 0.3) is 0 Å². The number of nitrogens with two attached hydrogens (primary N) is 1. The first-order valence-electron chi connectivity index (χ1n) is 5.11. The zero-order chi connectivity index (χ0) is 11.1. The average molecular weight is 244 g/mol. The van der Waals surface area contributed by atoms with E-state index in [9.17, 15) is 4.79 Å². The standard InChI is InChI=1S/C11H17N3O.ClH/c1-9(2)11(15)13-14-12-8-10-6-4-3-5-7-10;/h3-7,9,12,14H,8H2,1-2H3,(H,13,15);1H. The molecule has 0 aliphatic heterocycles. The van der Waals surface area contributed by atoms with Gasteiger partial charge in [-0.05, 0) is 0 Å². The quantitative estimate of drug-likeness (QED) is 0.292.